The summed E-state index contributed by atoms with van der Waals surface area (Å²) >= 11 is 6.01. The Balaban J connectivity index is 1.40. The first kappa shape index (κ1) is 19.8. The molecule has 0 radical (unpaired) electrons. The van der Waals surface area contributed by atoms with Crippen LogP contribution in [0.25, 0.3) is 11.3 Å². The molecule has 2 aliphatic rings. The van der Waals surface area contributed by atoms with Crippen molar-refractivity contribution in [3.63, 3.8) is 0 Å². The average Bonchev–Trinajstić information content (AvgIpc) is 3.21. The number of anilines is 1. The molecule has 0 bridgehead atoms. The summed E-state index contributed by atoms with van der Waals surface area (Å²) in [5.74, 6) is -0.103. The van der Waals surface area contributed by atoms with E-state index in [9.17, 15) is 15.0 Å². The number of nitrogens with one attached hydrogen (secondary N) is 1. The fraction of sp³-hybridized carbons (Fsp3) is 0.474. The number of H-pyrrole nitrogens is 1. The normalized spacial score (nSPS) is 18.2. The summed E-state index contributed by atoms with van der Waals surface area (Å²) in [6.45, 7) is 5.93. The number of hydrogen-bond donors (Lipinski definition) is 3. The van der Waals surface area contributed by atoms with Crippen molar-refractivity contribution in [3.8, 4) is 22.8 Å². The zero-order chi connectivity index (χ0) is 20.4. The molecule has 3 heterocycles. The van der Waals surface area contributed by atoms with E-state index in [-0.39, 0.29) is 22.4 Å². The number of aromatic hydroxyl groups is 2. The number of ether oxygens (including phenoxy) is 1. The van der Waals surface area contributed by atoms with Crippen molar-refractivity contribution in [2.45, 2.75) is 0 Å². The minimum atomic E-state index is -0.174. The molecule has 2 aromatic rings. The maximum Gasteiger partial charge on any atom is 0.236 e. The highest BCUT2D eigenvalue weighted by Gasteiger charge is 2.25. The number of carbonyl (C=O) groups excluding carboxylic acids is 1. The molecule has 29 heavy (non-hydrogen) atoms. The molecule has 156 valence electrons. The van der Waals surface area contributed by atoms with Gasteiger partial charge in [-0.15, -0.1) is 0 Å². The summed E-state index contributed by atoms with van der Waals surface area (Å²) in [5.41, 5.74) is 1.97. The number of phenols is 2. The number of rotatable bonds is 4. The van der Waals surface area contributed by atoms with Gasteiger partial charge in [0.2, 0.25) is 5.91 Å². The molecule has 9 nitrogen and oxygen atoms in total. The van der Waals surface area contributed by atoms with Crippen LogP contribution in [-0.4, -0.2) is 95.1 Å². The number of piperazine rings is 1. The third-order valence-corrected chi connectivity index (χ3v) is 5.69. The van der Waals surface area contributed by atoms with E-state index >= 15 is 0 Å². The Labute approximate surface area is 173 Å². The number of morpholine rings is 1. The van der Waals surface area contributed by atoms with Gasteiger partial charge in [-0.05, 0) is 6.07 Å². The second-order valence-electron chi connectivity index (χ2n) is 7.21. The molecule has 3 N–H and O–H groups in total. The number of hydrogen-bond acceptors (Lipinski definition) is 7. The summed E-state index contributed by atoms with van der Waals surface area (Å²) in [7, 11) is 0. The maximum absolute atomic E-state index is 12.5. The molecule has 2 fully saturated rings. The molecule has 2 saturated heterocycles. The van der Waals surface area contributed by atoms with Crippen molar-refractivity contribution in [1.29, 1.82) is 0 Å². The van der Waals surface area contributed by atoms with Gasteiger partial charge in [-0.25, -0.2) is 0 Å². The Morgan fingerprint density at radius 1 is 1.10 bits per heavy atom. The SMILES string of the molecule is O=C(CN1CCN(c2cn[nH]c2-c2cc(Cl)c(O)cc2O)CC1)N1CCOCC1. The third kappa shape index (κ3) is 4.26. The van der Waals surface area contributed by atoms with Gasteiger partial charge in [-0.3, -0.25) is 14.8 Å². The molecular formula is C19H24ClN5O4. The van der Waals surface area contributed by atoms with Gasteiger partial charge in [0.15, 0.2) is 0 Å². The minimum absolute atomic E-state index is 0.0767. The van der Waals surface area contributed by atoms with Crippen molar-refractivity contribution in [1.82, 2.24) is 20.0 Å². The van der Waals surface area contributed by atoms with E-state index in [1.807, 2.05) is 4.90 Å². The molecule has 0 saturated carbocycles. The molecule has 0 unspecified atom stereocenters. The Bertz CT molecular complexity index is 875. The summed E-state index contributed by atoms with van der Waals surface area (Å²) in [6.07, 6.45) is 1.71. The van der Waals surface area contributed by atoms with Crippen molar-refractivity contribution < 1.29 is 19.7 Å². The highest BCUT2D eigenvalue weighted by Crippen LogP contribution is 2.40. The van der Waals surface area contributed by atoms with Crippen molar-refractivity contribution >= 4 is 23.2 Å². The van der Waals surface area contributed by atoms with Crippen LogP contribution in [0.1, 0.15) is 0 Å². The Morgan fingerprint density at radius 3 is 2.55 bits per heavy atom. The number of carbonyl (C=O) groups is 1. The van der Waals surface area contributed by atoms with Gasteiger partial charge in [0.05, 0.1) is 42.4 Å². The number of nitrogens with zero attached hydrogens (tertiary/aromatic N) is 4. The van der Waals surface area contributed by atoms with Gasteiger partial charge in [0.25, 0.3) is 0 Å². The van der Waals surface area contributed by atoms with Crippen LogP contribution < -0.4 is 4.90 Å². The second-order valence-corrected chi connectivity index (χ2v) is 7.61. The van der Waals surface area contributed by atoms with Crippen molar-refractivity contribution in [3.05, 3.63) is 23.4 Å². The lowest BCUT2D eigenvalue weighted by Gasteiger charge is -2.37. The van der Waals surface area contributed by atoms with E-state index in [4.69, 9.17) is 16.3 Å². The number of benzene rings is 1. The van der Waals surface area contributed by atoms with Gasteiger partial charge in [-0.1, -0.05) is 11.6 Å². The van der Waals surface area contributed by atoms with Gasteiger partial charge >= 0.3 is 0 Å². The fourth-order valence-corrected chi connectivity index (χ4v) is 3.88. The topological polar surface area (TPSA) is 105 Å². The minimum Gasteiger partial charge on any atom is -0.507 e. The Morgan fingerprint density at radius 2 is 1.83 bits per heavy atom. The van der Waals surface area contributed by atoms with Crippen molar-refractivity contribution in [2.75, 3.05) is 63.9 Å². The summed E-state index contributed by atoms with van der Waals surface area (Å²) in [4.78, 5) is 18.6. The lowest BCUT2D eigenvalue weighted by Crippen LogP contribution is -2.51. The average molecular weight is 422 g/mol. The summed E-state index contributed by atoms with van der Waals surface area (Å²) in [6, 6.07) is 2.73. The van der Waals surface area contributed by atoms with Gasteiger partial charge < -0.3 is 24.7 Å². The van der Waals surface area contributed by atoms with E-state index in [1.54, 1.807) is 6.20 Å². The molecule has 1 amide bonds. The smallest absolute Gasteiger partial charge is 0.236 e. The molecule has 4 rings (SSSR count). The quantitative estimate of drug-likeness (QED) is 0.679. The van der Waals surface area contributed by atoms with E-state index in [1.165, 1.54) is 12.1 Å². The maximum atomic E-state index is 12.5. The lowest BCUT2D eigenvalue weighted by molar-refractivity contribution is -0.136. The zero-order valence-corrected chi connectivity index (χ0v) is 16.7. The monoisotopic (exact) mass is 421 g/mol. The number of aromatic nitrogens is 2. The van der Waals surface area contributed by atoms with Crippen LogP contribution in [0, 0.1) is 0 Å². The van der Waals surface area contributed by atoms with E-state index < -0.39 is 0 Å². The first-order valence-corrected chi connectivity index (χ1v) is 9.99. The van der Waals surface area contributed by atoms with Crippen LogP contribution in [0.4, 0.5) is 5.69 Å². The fourth-order valence-electron chi connectivity index (χ4n) is 3.72. The van der Waals surface area contributed by atoms with Gasteiger partial charge in [0, 0.05) is 50.9 Å². The van der Waals surface area contributed by atoms with E-state index in [0.717, 1.165) is 31.9 Å². The van der Waals surface area contributed by atoms with Crippen LogP contribution in [0.3, 0.4) is 0 Å². The lowest BCUT2D eigenvalue weighted by atomic mass is 10.1. The predicted molar refractivity (Wildman–Crippen MR) is 108 cm³/mol. The largest absolute Gasteiger partial charge is 0.507 e. The van der Waals surface area contributed by atoms with Crippen LogP contribution in [-0.2, 0) is 9.53 Å². The van der Waals surface area contributed by atoms with Crippen LogP contribution in [0.5, 0.6) is 11.5 Å². The zero-order valence-electron chi connectivity index (χ0n) is 16.0. The molecule has 0 atom stereocenters. The van der Waals surface area contributed by atoms with Gasteiger partial charge in [0.1, 0.15) is 11.5 Å². The molecule has 0 aliphatic carbocycles. The van der Waals surface area contributed by atoms with Gasteiger partial charge in [-0.2, -0.15) is 5.10 Å². The number of amides is 1. The molecule has 1 aromatic heterocycles. The highest BCUT2D eigenvalue weighted by atomic mass is 35.5. The second kappa shape index (κ2) is 8.48. The molecule has 10 heteroatoms. The van der Waals surface area contributed by atoms with Crippen molar-refractivity contribution in [2.24, 2.45) is 0 Å². The first-order chi connectivity index (χ1) is 14.0. The Kier molecular flexibility index (Phi) is 5.79. The molecule has 1 aromatic carbocycles. The van der Waals surface area contributed by atoms with E-state index in [2.05, 4.69) is 20.0 Å². The number of aromatic amines is 1. The summed E-state index contributed by atoms with van der Waals surface area (Å²) in [5, 5.41) is 27.1. The Hall–Kier alpha value is -2.49. The first-order valence-electron chi connectivity index (χ1n) is 9.61. The predicted octanol–water partition coefficient (Wildman–Crippen LogP) is 1.12. The van der Waals surface area contributed by atoms with Crippen LogP contribution >= 0.6 is 11.6 Å². The number of halogens is 1. The number of phenolic OH excluding ortho intramolecular Hbond substituents is 2. The van der Waals surface area contributed by atoms with E-state index in [0.29, 0.717) is 44.1 Å². The standard InChI is InChI=1S/C19H24ClN5O4/c20-14-9-13(16(26)10-17(14)27)19-15(11-21-22-19)24-3-1-23(2-4-24)12-18(28)25-5-7-29-8-6-25/h9-11,26-27H,1-8,12H2,(H,21,22). The van der Waals surface area contributed by atoms with Crippen LogP contribution in [0.2, 0.25) is 5.02 Å². The highest BCUT2D eigenvalue weighted by molar-refractivity contribution is 6.32. The molecule has 2 aliphatic heterocycles. The third-order valence-electron chi connectivity index (χ3n) is 5.39. The van der Waals surface area contributed by atoms with Crippen LogP contribution in [0.15, 0.2) is 18.3 Å². The molecular weight excluding hydrogens is 398 g/mol. The molecule has 0 spiro atoms. The summed E-state index contributed by atoms with van der Waals surface area (Å²) < 4.78 is 5.30.